The van der Waals surface area contributed by atoms with Crippen molar-refractivity contribution in [3.05, 3.63) is 23.1 Å². The van der Waals surface area contributed by atoms with Crippen LogP contribution in [0.1, 0.15) is 24.7 Å². The molecule has 4 heteroatoms. The Labute approximate surface area is 81.7 Å². The maximum absolute atomic E-state index is 9.60. The van der Waals surface area contributed by atoms with Gasteiger partial charge in [0.15, 0.2) is 5.22 Å². The third-order valence-electron chi connectivity index (χ3n) is 2.10. The van der Waals surface area contributed by atoms with Gasteiger partial charge in [-0.1, -0.05) is 0 Å². The average molecular weight is 202 g/mol. The number of furan rings is 1. The van der Waals surface area contributed by atoms with Crippen molar-refractivity contribution in [1.82, 2.24) is 5.32 Å². The molecular weight excluding hydrogens is 190 g/mol. The molecule has 13 heavy (non-hydrogen) atoms. The zero-order valence-electron chi connectivity index (χ0n) is 7.16. The first-order valence-electron chi connectivity index (χ1n) is 4.42. The summed E-state index contributed by atoms with van der Waals surface area (Å²) in [5.74, 6) is 0.526. The highest BCUT2D eigenvalue weighted by atomic mass is 35.5. The van der Waals surface area contributed by atoms with Gasteiger partial charge >= 0.3 is 0 Å². The number of aliphatic hydroxyl groups excluding tert-OH is 1. The Morgan fingerprint density at radius 3 is 2.92 bits per heavy atom. The minimum Gasteiger partial charge on any atom is -0.447 e. The molecule has 1 saturated carbocycles. The normalized spacial score (nSPS) is 18.9. The Kier molecular flexibility index (Phi) is 2.58. The predicted octanol–water partition coefficient (Wildman–Crippen LogP) is 1.72. The highest BCUT2D eigenvalue weighted by Crippen LogP contribution is 2.22. The highest BCUT2D eigenvalue weighted by Gasteiger charge is 2.22. The third-order valence-corrected chi connectivity index (χ3v) is 2.30. The summed E-state index contributed by atoms with van der Waals surface area (Å²) in [7, 11) is 0. The summed E-state index contributed by atoms with van der Waals surface area (Å²) in [5, 5.41) is 13.1. The topological polar surface area (TPSA) is 45.4 Å². The Bertz CT molecular complexity index is 283. The van der Waals surface area contributed by atoms with E-state index < -0.39 is 6.10 Å². The van der Waals surface area contributed by atoms with Crippen molar-refractivity contribution in [2.75, 3.05) is 6.54 Å². The molecule has 1 aliphatic rings. The molecule has 1 aliphatic carbocycles. The fourth-order valence-corrected chi connectivity index (χ4v) is 1.33. The smallest absolute Gasteiger partial charge is 0.193 e. The number of aliphatic hydroxyl groups is 1. The fourth-order valence-electron chi connectivity index (χ4n) is 1.17. The summed E-state index contributed by atoms with van der Waals surface area (Å²) >= 11 is 5.58. The maximum atomic E-state index is 9.60. The van der Waals surface area contributed by atoms with Crippen LogP contribution in [0, 0.1) is 0 Å². The second-order valence-corrected chi connectivity index (χ2v) is 3.71. The monoisotopic (exact) mass is 201 g/mol. The molecule has 1 aromatic rings. The lowest BCUT2D eigenvalue weighted by Crippen LogP contribution is -2.22. The third kappa shape index (κ3) is 2.46. The first kappa shape index (κ1) is 9.06. The first-order chi connectivity index (χ1) is 6.25. The molecule has 1 fully saturated rings. The van der Waals surface area contributed by atoms with Crippen molar-refractivity contribution in [3.8, 4) is 0 Å². The number of hydrogen-bond acceptors (Lipinski definition) is 3. The molecule has 0 saturated heterocycles. The zero-order chi connectivity index (χ0) is 9.26. The number of nitrogens with one attached hydrogen (secondary N) is 1. The molecule has 0 aromatic carbocycles. The van der Waals surface area contributed by atoms with Gasteiger partial charge in [0.05, 0.1) is 0 Å². The van der Waals surface area contributed by atoms with E-state index in [1.54, 1.807) is 12.1 Å². The Morgan fingerprint density at radius 2 is 2.38 bits per heavy atom. The molecule has 1 unspecified atom stereocenters. The van der Waals surface area contributed by atoms with Gasteiger partial charge in [-0.3, -0.25) is 0 Å². The van der Waals surface area contributed by atoms with Crippen LogP contribution in [-0.4, -0.2) is 17.7 Å². The van der Waals surface area contributed by atoms with Crippen LogP contribution in [0.5, 0.6) is 0 Å². The average Bonchev–Trinajstić information content (AvgIpc) is 2.84. The molecule has 1 heterocycles. The predicted molar refractivity (Wildman–Crippen MR) is 49.7 cm³/mol. The van der Waals surface area contributed by atoms with Crippen LogP contribution in [0.2, 0.25) is 5.22 Å². The Morgan fingerprint density at radius 1 is 1.62 bits per heavy atom. The molecule has 0 aliphatic heterocycles. The molecule has 2 rings (SSSR count). The molecular formula is C9H12ClNO2. The second-order valence-electron chi connectivity index (χ2n) is 3.34. The summed E-state index contributed by atoms with van der Waals surface area (Å²) in [6.07, 6.45) is 1.84. The summed E-state index contributed by atoms with van der Waals surface area (Å²) in [6, 6.07) is 3.93. The molecule has 0 spiro atoms. The molecule has 72 valence electrons. The lowest BCUT2D eigenvalue weighted by Gasteiger charge is -2.07. The highest BCUT2D eigenvalue weighted by molar-refractivity contribution is 6.28. The summed E-state index contributed by atoms with van der Waals surface area (Å²) in [5.41, 5.74) is 0. The fraction of sp³-hybridized carbons (Fsp3) is 0.556. The van der Waals surface area contributed by atoms with E-state index in [0.29, 0.717) is 23.6 Å². The van der Waals surface area contributed by atoms with Gasteiger partial charge in [-0.25, -0.2) is 0 Å². The van der Waals surface area contributed by atoms with E-state index in [4.69, 9.17) is 16.0 Å². The van der Waals surface area contributed by atoms with Crippen molar-refractivity contribution >= 4 is 11.6 Å². The minimum absolute atomic E-state index is 0.320. The van der Waals surface area contributed by atoms with E-state index in [1.165, 1.54) is 12.8 Å². The summed E-state index contributed by atoms with van der Waals surface area (Å²) in [4.78, 5) is 0. The van der Waals surface area contributed by atoms with Gasteiger partial charge in [-0.15, -0.1) is 0 Å². The number of rotatable bonds is 4. The van der Waals surface area contributed by atoms with E-state index in [9.17, 15) is 5.11 Å². The summed E-state index contributed by atoms with van der Waals surface area (Å²) in [6.45, 7) is 0.536. The van der Waals surface area contributed by atoms with Crippen LogP contribution in [0.25, 0.3) is 0 Å². The Balaban J connectivity index is 1.84. The molecule has 0 radical (unpaired) electrons. The van der Waals surface area contributed by atoms with E-state index in [1.807, 2.05) is 0 Å². The number of halogens is 1. The SMILES string of the molecule is OC(CNC1CC1)c1ccc(Cl)o1. The Hall–Kier alpha value is -0.510. The number of hydrogen-bond donors (Lipinski definition) is 2. The molecule has 1 atom stereocenters. The van der Waals surface area contributed by atoms with Crippen molar-refractivity contribution in [2.24, 2.45) is 0 Å². The zero-order valence-corrected chi connectivity index (χ0v) is 7.92. The van der Waals surface area contributed by atoms with Crippen LogP contribution in [0.3, 0.4) is 0 Å². The van der Waals surface area contributed by atoms with E-state index in [0.717, 1.165) is 0 Å². The van der Waals surface area contributed by atoms with Gasteiger partial charge in [-0.2, -0.15) is 0 Å². The van der Waals surface area contributed by atoms with Gasteiger partial charge in [0.2, 0.25) is 0 Å². The van der Waals surface area contributed by atoms with Crippen LogP contribution in [0.4, 0.5) is 0 Å². The first-order valence-corrected chi connectivity index (χ1v) is 4.80. The quantitative estimate of drug-likeness (QED) is 0.780. The van der Waals surface area contributed by atoms with Crippen molar-refractivity contribution in [2.45, 2.75) is 25.0 Å². The van der Waals surface area contributed by atoms with Crippen LogP contribution in [-0.2, 0) is 0 Å². The lowest BCUT2D eigenvalue weighted by atomic mass is 10.3. The van der Waals surface area contributed by atoms with Crippen molar-refractivity contribution in [1.29, 1.82) is 0 Å². The maximum Gasteiger partial charge on any atom is 0.193 e. The van der Waals surface area contributed by atoms with Gasteiger partial charge in [0, 0.05) is 12.6 Å². The van der Waals surface area contributed by atoms with E-state index in [2.05, 4.69) is 5.32 Å². The molecule has 1 aromatic heterocycles. The molecule has 0 bridgehead atoms. The van der Waals surface area contributed by atoms with Gasteiger partial charge in [0.25, 0.3) is 0 Å². The van der Waals surface area contributed by atoms with E-state index in [-0.39, 0.29) is 0 Å². The van der Waals surface area contributed by atoms with E-state index >= 15 is 0 Å². The molecule has 0 amide bonds. The van der Waals surface area contributed by atoms with Gasteiger partial charge < -0.3 is 14.8 Å². The van der Waals surface area contributed by atoms with Gasteiger partial charge in [-0.05, 0) is 36.6 Å². The van der Waals surface area contributed by atoms with Crippen LogP contribution < -0.4 is 5.32 Å². The minimum atomic E-state index is -0.590. The molecule has 2 N–H and O–H groups in total. The second kappa shape index (κ2) is 3.70. The van der Waals surface area contributed by atoms with Crippen molar-refractivity contribution < 1.29 is 9.52 Å². The summed E-state index contributed by atoms with van der Waals surface area (Å²) < 4.78 is 5.07. The largest absolute Gasteiger partial charge is 0.447 e. The molecule has 3 nitrogen and oxygen atoms in total. The van der Waals surface area contributed by atoms with Gasteiger partial charge in [0.1, 0.15) is 11.9 Å². The standard InChI is InChI=1S/C9H12ClNO2/c10-9-4-3-8(13-9)7(12)5-11-6-1-2-6/h3-4,6-7,11-12H,1-2,5H2. The van der Waals surface area contributed by atoms with Crippen molar-refractivity contribution in [3.63, 3.8) is 0 Å². The van der Waals surface area contributed by atoms with Crippen LogP contribution >= 0.6 is 11.6 Å². The lowest BCUT2D eigenvalue weighted by molar-refractivity contribution is 0.147. The van der Waals surface area contributed by atoms with Crippen LogP contribution in [0.15, 0.2) is 16.5 Å².